The minimum Gasteiger partial charge on any atom is -0.409 e. The van der Waals surface area contributed by atoms with Gasteiger partial charge in [0, 0.05) is 24.8 Å². The molecule has 3 N–H and O–H groups in total. The van der Waals surface area contributed by atoms with Crippen LogP contribution in [0.3, 0.4) is 0 Å². The van der Waals surface area contributed by atoms with Crippen LogP contribution in [0, 0.1) is 5.92 Å². The summed E-state index contributed by atoms with van der Waals surface area (Å²) in [5.74, 6) is 0.810. The maximum Gasteiger partial charge on any atom is 0.172 e. The molecule has 2 rings (SSSR count). The molecule has 0 spiro atoms. The van der Waals surface area contributed by atoms with Gasteiger partial charge in [0.15, 0.2) is 5.84 Å². The number of nitrogens with two attached hydrogens (primary N) is 1. The fourth-order valence-corrected chi connectivity index (χ4v) is 2.32. The zero-order chi connectivity index (χ0) is 12.3. The number of rotatable bonds is 2. The Morgan fingerprint density at radius 3 is 3.18 bits per heavy atom. The molecule has 0 radical (unpaired) electrons. The third-order valence-electron chi connectivity index (χ3n) is 3.18. The highest BCUT2D eigenvalue weighted by atomic mass is 16.4. The summed E-state index contributed by atoms with van der Waals surface area (Å²) in [6.07, 6.45) is 5.87. The van der Waals surface area contributed by atoms with Gasteiger partial charge in [-0.05, 0) is 24.8 Å². The van der Waals surface area contributed by atoms with Crippen molar-refractivity contribution in [2.45, 2.75) is 19.8 Å². The van der Waals surface area contributed by atoms with Gasteiger partial charge in [0.05, 0.1) is 11.9 Å². The first-order valence-corrected chi connectivity index (χ1v) is 5.89. The van der Waals surface area contributed by atoms with Crippen molar-refractivity contribution in [3.8, 4) is 0 Å². The highest BCUT2D eigenvalue weighted by Gasteiger charge is 2.20. The minimum absolute atomic E-state index is 0.139. The van der Waals surface area contributed by atoms with Gasteiger partial charge in [0.25, 0.3) is 0 Å². The van der Waals surface area contributed by atoms with E-state index in [9.17, 15) is 0 Å². The van der Waals surface area contributed by atoms with E-state index < -0.39 is 0 Å². The van der Waals surface area contributed by atoms with Crippen molar-refractivity contribution in [2.24, 2.45) is 16.8 Å². The molecule has 0 bridgehead atoms. The summed E-state index contributed by atoms with van der Waals surface area (Å²) in [6.45, 7) is 4.24. The van der Waals surface area contributed by atoms with Gasteiger partial charge < -0.3 is 15.8 Å². The van der Waals surface area contributed by atoms with E-state index in [4.69, 9.17) is 10.9 Å². The molecule has 1 aliphatic rings. The second kappa shape index (κ2) is 5.03. The first-order valence-electron chi connectivity index (χ1n) is 5.89. The zero-order valence-corrected chi connectivity index (χ0v) is 10.0. The average molecular weight is 234 g/mol. The third kappa shape index (κ3) is 2.49. The van der Waals surface area contributed by atoms with E-state index in [1.807, 2.05) is 0 Å². The highest BCUT2D eigenvalue weighted by Crippen LogP contribution is 2.25. The molecule has 1 fully saturated rings. The van der Waals surface area contributed by atoms with Crippen molar-refractivity contribution in [1.82, 2.24) is 4.98 Å². The largest absolute Gasteiger partial charge is 0.409 e. The molecule has 1 saturated heterocycles. The van der Waals surface area contributed by atoms with Crippen molar-refractivity contribution >= 4 is 11.5 Å². The number of oxime groups is 1. The first-order chi connectivity index (χ1) is 8.22. The van der Waals surface area contributed by atoms with Crippen LogP contribution < -0.4 is 10.6 Å². The molecule has 0 aromatic carbocycles. The van der Waals surface area contributed by atoms with Crippen molar-refractivity contribution in [3.63, 3.8) is 0 Å². The van der Waals surface area contributed by atoms with Gasteiger partial charge in [-0.15, -0.1) is 0 Å². The van der Waals surface area contributed by atoms with Crippen LogP contribution in [-0.4, -0.2) is 29.1 Å². The summed E-state index contributed by atoms with van der Waals surface area (Å²) >= 11 is 0. The van der Waals surface area contributed by atoms with Crippen LogP contribution in [0.25, 0.3) is 0 Å². The Morgan fingerprint density at radius 2 is 2.47 bits per heavy atom. The number of piperidine rings is 1. The van der Waals surface area contributed by atoms with Gasteiger partial charge in [-0.2, -0.15) is 0 Å². The minimum atomic E-state index is 0.139. The smallest absolute Gasteiger partial charge is 0.172 e. The molecular formula is C12H18N4O. The second-order valence-corrected chi connectivity index (χ2v) is 4.57. The van der Waals surface area contributed by atoms with E-state index in [-0.39, 0.29) is 5.84 Å². The predicted molar refractivity (Wildman–Crippen MR) is 67.4 cm³/mol. The highest BCUT2D eigenvalue weighted by molar-refractivity contribution is 6.02. The number of nitrogens with zero attached hydrogens (tertiary/aromatic N) is 3. The molecule has 1 unspecified atom stereocenters. The molecule has 5 nitrogen and oxygen atoms in total. The summed E-state index contributed by atoms with van der Waals surface area (Å²) in [4.78, 5) is 6.39. The summed E-state index contributed by atoms with van der Waals surface area (Å²) in [5.41, 5.74) is 7.38. The lowest BCUT2D eigenvalue weighted by Crippen LogP contribution is -2.35. The van der Waals surface area contributed by atoms with Gasteiger partial charge in [-0.3, -0.25) is 4.98 Å². The van der Waals surface area contributed by atoms with Gasteiger partial charge in [-0.25, -0.2) is 0 Å². The van der Waals surface area contributed by atoms with Gasteiger partial charge >= 0.3 is 0 Å². The Labute approximate surface area is 101 Å². The van der Waals surface area contributed by atoms with Crippen LogP contribution in [0.2, 0.25) is 0 Å². The summed E-state index contributed by atoms with van der Waals surface area (Å²) in [5, 5.41) is 11.9. The maximum absolute atomic E-state index is 8.79. The lowest BCUT2D eigenvalue weighted by Gasteiger charge is -2.33. The Hall–Kier alpha value is -1.78. The molecule has 92 valence electrons. The van der Waals surface area contributed by atoms with E-state index >= 15 is 0 Å². The van der Waals surface area contributed by atoms with Crippen LogP contribution in [0.5, 0.6) is 0 Å². The van der Waals surface area contributed by atoms with Crippen LogP contribution in [0.1, 0.15) is 25.3 Å². The quantitative estimate of drug-likeness (QED) is 0.351. The Bertz CT molecular complexity index is 419. The van der Waals surface area contributed by atoms with E-state index in [1.165, 1.54) is 12.8 Å². The Morgan fingerprint density at radius 1 is 1.65 bits per heavy atom. The molecule has 1 aromatic rings. The van der Waals surface area contributed by atoms with Gasteiger partial charge in [-0.1, -0.05) is 12.1 Å². The van der Waals surface area contributed by atoms with Gasteiger partial charge in [0.1, 0.15) is 0 Å². The van der Waals surface area contributed by atoms with E-state index in [2.05, 4.69) is 22.0 Å². The van der Waals surface area contributed by atoms with Crippen LogP contribution in [-0.2, 0) is 0 Å². The molecule has 1 aliphatic heterocycles. The molecular weight excluding hydrogens is 216 g/mol. The number of aromatic nitrogens is 1. The summed E-state index contributed by atoms with van der Waals surface area (Å²) in [7, 11) is 0. The number of hydrogen-bond acceptors (Lipinski definition) is 4. The maximum atomic E-state index is 8.79. The lowest BCUT2D eigenvalue weighted by molar-refractivity contribution is 0.318. The second-order valence-electron chi connectivity index (χ2n) is 4.57. The Balaban J connectivity index is 2.31. The van der Waals surface area contributed by atoms with Gasteiger partial charge in [0.2, 0.25) is 0 Å². The molecule has 2 heterocycles. The van der Waals surface area contributed by atoms with E-state index in [0.29, 0.717) is 5.92 Å². The molecule has 17 heavy (non-hydrogen) atoms. The zero-order valence-electron chi connectivity index (χ0n) is 10.0. The molecule has 1 atom stereocenters. The topological polar surface area (TPSA) is 74.7 Å². The number of anilines is 1. The summed E-state index contributed by atoms with van der Waals surface area (Å²) in [6, 6.07) is 1.78. The Kier molecular flexibility index (Phi) is 3.46. The number of pyridine rings is 1. The SMILES string of the molecule is CC1CCCN(c2cnccc2/C(N)=N/O)C1. The standard InChI is InChI=1S/C12H18N4O/c1-9-3-2-6-16(8-9)11-7-14-5-4-10(11)12(13)15-17/h4-5,7,9,17H,2-3,6,8H2,1H3,(H2,13,15). The monoisotopic (exact) mass is 234 g/mol. The fraction of sp³-hybridized carbons (Fsp3) is 0.500. The predicted octanol–water partition coefficient (Wildman–Crippen LogP) is 1.41. The van der Waals surface area contributed by atoms with Crippen LogP contribution in [0.15, 0.2) is 23.6 Å². The number of amidine groups is 1. The number of hydrogen-bond donors (Lipinski definition) is 2. The summed E-state index contributed by atoms with van der Waals surface area (Å²) < 4.78 is 0. The fourth-order valence-electron chi connectivity index (χ4n) is 2.32. The van der Waals surface area contributed by atoms with Crippen molar-refractivity contribution in [2.75, 3.05) is 18.0 Å². The van der Waals surface area contributed by atoms with Crippen molar-refractivity contribution in [1.29, 1.82) is 0 Å². The molecule has 0 saturated carbocycles. The molecule has 0 aliphatic carbocycles. The van der Waals surface area contributed by atoms with Crippen LogP contribution in [0.4, 0.5) is 5.69 Å². The van der Waals surface area contributed by atoms with Crippen molar-refractivity contribution in [3.05, 3.63) is 24.0 Å². The van der Waals surface area contributed by atoms with Crippen LogP contribution >= 0.6 is 0 Å². The molecule has 1 aromatic heterocycles. The van der Waals surface area contributed by atoms with E-state index in [1.54, 1.807) is 18.5 Å². The molecule has 0 amide bonds. The average Bonchev–Trinajstić information content (AvgIpc) is 2.38. The van der Waals surface area contributed by atoms with Crippen molar-refractivity contribution < 1.29 is 5.21 Å². The normalized spacial score (nSPS) is 21.6. The molecule has 5 heteroatoms. The third-order valence-corrected chi connectivity index (χ3v) is 3.18. The lowest BCUT2D eigenvalue weighted by atomic mass is 9.99. The first kappa shape index (κ1) is 11.7. The van der Waals surface area contributed by atoms with E-state index in [0.717, 1.165) is 24.3 Å².